The molecule has 2 aromatic rings. The van der Waals surface area contributed by atoms with Gasteiger partial charge in [0, 0.05) is 44.7 Å². The molecule has 0 bridgehead atoms. The summed E-state index contributed by atoms with van der Waals surface area (Å²) in [6.45, 7) is 7.90. The zero-order valence-electron chi connectivity index (χ0n) is 12.2. The Labute approximate surface area is 154 Å². The zero-order chi connectivity index (χ0) is 14.8. The van der Waals surface area contributed by atoms with Gasteiger partial charge in [-0.2, -0.15) is 0 Å². The van der Waals surface area contributed by atoms with E-state index >= 15 is 0 Å². The fraction of sp³-hybridized carbons (Fsp3) is 0.250. The van der Waals surface area contributed by atoms with Crippen LogP contribution in [0.1, 0.15) is 20.0 Å². The summed E-state index contributed by atoms with van der Waals surface area (Å²) in [5.74, 6) is 1.03. The summed E-state index contributed by atoms with van der Waals surface area (Å²) in [5.41, 5.74) is 2.00. The first-order valence-corrected chi connectivity index (χ1v) is 6.95. The summed E-state index contributed by atoms with van der Waals surface area (Å²) in [6.07, 6.45) is 7.12. The first-order chi connectivity index (χ1) is 10.2. The SMILES string of the molecule is C=C/C(=C\C(=C)F)c1cnc2ccc(NCC3CC3)nn12.[HH].[U]. The number of anilines is 1. The normalized spacial score (nSPS) is 14.5. The van der Waals surface area contributed by atoms with Crippen LogP contribution in [0.3, 0.4) is 0 Å². The largest absolute Gasteiger partial charge is 0.368 e. The molecule has 1 aliphatic rings. The fourth-order valence-corrected chi connectivity index (χ4v) is 2.14. The molecule has 3 rings (SSSR count). The second-order valence-corrected chi connectivity index (χ2v) is 5.21. The molecule has 0 atom stereocenters. The van der Waals surface area contributed by atoms with E-state index in [0.717, 1.165) is 18.3 Å². The van der Waals surface area contributed by atoms with Gasteiger partial charge in [-0.25, -0.2) is 13.9 Å². The van der Waals surface area contributed by atoms with Crippen LogP contribution in [-0.4, -0.2) is 21.1 Å². The third-order valence-corrected chi connectivity index (χ3v) is 3.46. The van der Waals surface area contributed by atoms with Gasteiger partial charge in [0.05, 0.1) is 11.9 Å². The summed E-state index contributed by atoms with van der Waals surface area (Å²) in [7, 11) is 0. The molecule has 0 unspecified atom stereocenters. The Balaban J connectivity index is 0.00000132. The van der Waals surface area contributed by atoms with Gasteiger partial charge >= 0.3 is 0 Å². The summed E-state index contributed by atoms with van der Waals surface area (Å²) < 4.78 is 14.7. The summed E-state index contributed by atoms with van der Waals surface area (Å²) >= 11 is 0. The number of hydrogen-bond acceptors (Lipinski definition) is 3. The van der Waals surface area contributed by atoms with Crippen LogP contribution in [0.2, 0.25) is 0 Å². The van der Waals surface area contributed by atoms with Crippen molar-refractivity contribution >= 4 is 17.0 Å². The Morgan fingerprint density at radius 3 is 2.91 bits per heavy atom. The summed E-state index contributed by atoms with van der Waals surface area (Å²) in [6, 6.07) is 3.79. The summed E-state index contributed by atoms with van der Waals surface area (Å²) in [5, 5.41) is 7.83. The molecule has 2 aromatic heterocycles. The van der Waals surface area contributed by atoms with Crippen LogP contribution in [0.5, 0.6) is 0 Å². The number of allylic oxidation sites excluding steroid dienone is 4. The molecule has 1 N–H and O–H groups in total. The van der Waals surface area contributed by atoms with Gasteiger partial charge in [0.1, 0.15) is 11.6 Å². The Bertz CT molecular complexity index is 737. The predicted molar refractivity (Wildman–Crippen MR) is 84.7 cm³/mol. The first-order valence-electron chi connectivity index (χ1n) is 6.95. The molecule has 1 aliphatic carbocycles. The van der Waals surface area contributed by atoms with Crippen molar-refractivity contribution in [2.75, 3.05) is 11.9 Å². The van der Waals surface area contributed by atoms with E-state index in [0.29, 0.717) is 16.9 Å². The standard InChI is InChI=1S/C16H17FN4.U.H2/c1-3-13(8-11(2)17)14-10-19-16-7-6-15(20-21(14)16)18-9-12-4-5-12;;/h3,6-8,10,12H,1-2,4-5,9H2,(H,18,20);;1H/b13-8+;;. The van der Waals surface area contributed by atoms with Crippen LogP contribution in [-0.2, 0) is 0 Å². The maximum atomic E-state index is 13.0. The van der Waals surface area contributed by atoms with E-state index < -0.39 is 5.83 Å². The Hall–Kier alpha value is -1.38. The molecule has 0 radical (unpaired) electrons. The minimum Gasteiger partial charge on any atom is -0.368 e. The monoisotopic (exact) mass is 524 g/mol. The van der Waals surface area contributed by atoms with E-state index in [1.165, 1.54) is 18.9 Å². The minimum atomic E-state index is -0.525. The molecule has 1 fully saturated rings. The minimum absolute atomic E-state index is 0. The van der Waals surface area contributed by atoms with Crippen LogP contribution in [0, 0.1) is 37.0 Å². The van der Waals surface area contributed by atoms with Gasteiger partial charge in [-0.3, -0.25) is 0 Å². The van der Waals surface area contributed by atoms with Gasteiger partial charge in [0.15, 0.2) is 5.65 Å². The summed E-state index contributed by atoms with van der Waals surface area (Å²) in [4.78, 5) is 4.28. The van der Waals surface area contributed by atoms with Crippen LogP contribution in [0.15, 0.2) is 49.5 Å². The predicted octanol–water partition coefficient (Wildman–Crippen LogP) is 3.85. The number of imidazole rings is 1. The molecule has 22 heavy (non-hydrogen) atoms. The molecular weight excluding hydrogens is 505 g/mol. The van der Waals surface area contributed by atoms with Gasteiger partial charge in [-0.1, -0.05) is 19.2 Å². The van der Waals surface area contributed by atoms with Gasteiger partial charge < -0.3 is 5.32 Å². The van der Waals surface area contributed by atoms with E-state index in [2.05, 4.69) is 28.6 Å². The maximum Gasteiger partial charge on any atom is 0.154 e. The van der Waals surface area contributed by atoms with Crippen molar-refractivity contribution in [2.24, 2.45) is 5.92 Å². The number of nitrogens with one attached hydrogen (secondary N) is 1. The van der Waals surface area contributed by atoms with Crippen molar-refractivity contribution in [3.8, 4) is 0 Å². The van der Waals surface area contributed by atoms with Gasteiger partial charge in [0.2, 0.25) is 0 Å². The quantitative estimate of drug-likeness (QED) is 0.585. The van der Waals surface area contributed by atoms with E-state index in [4.69, 9.17) is 0 Å². The molecule has 0 spiro atoms. The molecule has 1 saturated carbocycles. The van der Waals surface area contributed by atoms with E-state index in [1.54, 1.807) is 16.8 Å². The number of hydrogen-bond donors (Lipinski definition) is 1. The molecule has 6 heteroatoms. The molecule has 0 aliphatic heterocycles. The average Bonchev–Trinajstić information content (AvgIpc) is 3.21. The number of nitrogens with zero attached hydrogens (tertiary/aromatic N) is 3. The van der Waals surface area contributed by atoms with E-state index in [9.17, 15) is 4.39 Å². The van der Waals surface area contributed by atoms with Crippen molar-refractivity contribution in [1.82, 2.24) is 14.6 Å². The molecule has 0 aromatic carbocycles. The maximum absolute atomic E-state index is 13.0. The molecule has 0 saturated heterocycles. The zero-order valence-corrected chi connectivity index (χ0v) is 16.4. The fourth-order valence-electron chi connectivity index (χ4n) is 2.14. The number of rotatable bonds is 6. The second kappa shape index (κ2) is 7.26. The van der Waals surface area contributed by atoms with Crippen molar-refractivity contribution in [3.05, 3.63) is 55.2 Å². The number of halogens is 1. The van der Waals surface area contributed by atoms with Crippen LogP contribution < -0.4 is 5.32 Å². The number of aromatic nitrogens is 3. The van der Waals surface area contributed by atoms with Crippen molar-refractivity contribution in [3.63, 3.8) is 0 Å². The Morgan fingerprint density at radius 1 is 1.50 bits per heavy atom. The van der Waals surface area contributed by atoms with Crippen molar-refractivity contribution in [1.29, 1.82) is 0 Å². The van der Waals surface area contributed by atoms with Crippen molar-refractivity contribution in [2.45, 2.75) is 12.8 Å². The van der Waals surface area contributed by atoms with Gasteiger partial charge in [-0.15, -0.1) is 5.10 Å². The molecular formula is C16H19FN4U. The smallest absolute Gasteiger partial charge is 0.154 e. The average molecular weight is 524 g/mol. The third kappa shape index (κ3) is 3.88. The van der Waals surface area contributed by atoms with Crippen LogP contribution >= 0.6 is 0 Å². The van der Waals surface area contributed by atoms with E-state index in [-0.39, 0.29) is 32.5 Å². The van der Waals surface area contributed by atoms with Gasteiger partial charge in [0.25, 0.3) is 0 Å². The molecule has 2 heterocycles. The topological polar surface area (TPSA) is 42.2 Å². The Morgan fingerprint density at radius 2 is 2.27 bits per heavy atom. The van der Waals surface area contributed by atoms with Crippen molar-refractivity contribution < 1.29 is 36.9 Å². The van der Waals surface area contributed by atoms with Crippen LogP contribution in [0.25, 0.3) is 11.2 Å². The molecule has 4 nitrogen and oxygen atoms in total. The Kier molecular flexibility index (Phi) is 5.60. The van der Waals surface area contributed by atoms with Crippen LogP contribution in [0.4, 0.5) is 10.2 Å². The first kappa shape index (κ1) is 17.0. The van der Waals surface area contributed by atoms with Gasteiger partial charge in [-0.05, 0) is 37.0 Å². The van der Waals surface area contributed by atoms with E-state index in [1.807, 2.05) is 12.1 Å². The third-order valence-electron chi connectivity index (χ3n) is 3.46. The molecule has 114 valence electrons. The number of fused-ring (bicyclic) bond motifs is 1. The second-order valence-electron chi connectivity index (χ2n) is 5.21. The molecule has 0 amide bonds.